The van der Waals surface area contributed by atoms with Gasteiger partial charge in [-0.15, -0.1) is 10.2 Å². The van der Waals surface area contributed by atoms with E-state index in [4.69, 9.17) is 10.2 Å². The van der Waals surface area contributed by atoms with Crippen LogP contribution in [0.4, 0.5) is 4.39 Å². The van der Waals surface area contributed by atoms with Crippen molar-refractivity contribution in [1.29, 1.82) is 0 Å². The summed E-state index contributed by atoms with van der Waals surface area (Å²) < 4.78 is 19.0. The average molecular weight is 295 g/mol. The lowest BCUT2D eigenvalue weighted by molar-refractivity contribution is 0.333. The van der Waals surface area contributed by atoms with E-state index in [2.05, 4.69) is 17.1 Å². The molecule has 6 heteroatoms. The van der Waals surface area contributed by atoms with Crippen molar-refractivity contribution in [2.24, 2.45) is 11.7 Å². The molecule has 1 aromatic carbocycles. The maximum Gasteiger partial charge on any atom is 0.276 e. The van der Waals surface area contributed by atoms with Gasteiger partial charge in [0.15, 0.2) is 0 Å². The second-order valence-corrected chi connectivity index (χ2v) is 5.62. The Labute approximate surface area is 122 Å². The van der Waals surface area contributed by atoms with Gasteiger partial charge in [-0.25, -0.2) is 4.39 Å². The summed E-state index contributed by atoms with van der Waals surface area (Å²) in [6, 6.07) is 6.39. The van der Waals surface area contributed by atoms with Gasteiger partial charge in [0.1, 0.15) is 5.82 Å². The van der Waals surface area contributed by atoms with Crippen LogP contribution in [0.25, 0.3) is 0 Å². The lowest BCUT2D eigenvalue weighted by atomic mass is 10.0. The number of benzene rings is 1. The van der Waals surface area contributed by atoms with Crippen LogP contribution >= 0.6 is 11.8 Å². The van der Waals surface area contributed by atoms with Crippen molar-refractivity contribution < 1.29 is 8.81 Å². The second kappa shape index (κ2) is 6.85. The summed E-state index contributed by atoms with van der Waals surface area (Å²) in [7, 11) is 0. The van der Waals surface area contributed by atoms with E-state index in [1.54, 1.807) is 18.2 Å². The largest absolute Gasteiger partial charge is 0.414 e. The molecule has 0 spiro atoms. The molecular weight excluding hydrogens is 277 g/mol. The molecule has 0 fully saturated rings. The highest BCUT2D eigenvalue weighted by Gasteiger charge is 2.20. The molecule has 0 unspecified atom stereocenters. The van der Waals surface area contributed by atoms with Crippen molar-refractivity contribution in [3.05, 3.63) is 41.5 Å². The van der Waals surface area contributed by atoms with Crippen LogP contribution < -0.4 is 5.73 Å². The molecule has 0 aliphatic heterocycles. The van der Waals surface area contributed by atoms with Gasteiger partial charge in [-0.05, 0) is 17.5 Å². The Morgan fingerprint density at radius 3 is 2.80 bits per heavy atom. The van der Waals surface area contributed by atoms with E-state index >= 15 is 0 Å². The van der Waals surface area contributed by atoms with E-state index in [9.17, 15) is 4.39 Å². The fourth-order valence-corrected chi connectivity index (χ4v) is 2.42. The molecule has 2 rings (SSSR count). The van der Waals surface area contributed by atoms with Crippen molar-refractivity contribution in [2.45, 2.75) is 37.3 Å². The highest BCUT2D eigenvalue weighted by atomic mass is 32.2. The zero-order valence-corrected chi connectivity index (χ0v) is 12.4. The Balaban J connectivity index is 1.98. The minimum Gasteiger partial charge on any atom is -0.414 e. The van der Waals surface area contributed by atoms with E-state index in [1.165, 1.54) is 17.8 Å². The van der Waals surface area contributed by atoms with Crippen molar-refractivity contribution in [3.8, 4) is 0 Å². The fraction of sp³-hybridized carbons (Fsp3) is 0.429. The van der Waals surface area contributed by atoms with Crippen LogP contribution in [0.15, 0.2) is 33.9 Å². The maximum absolute atomic E-state index is 13.5. The number of nitrogens with two attached hydrogens (primary N) is 1. The molecule has 108 valence electrons. The molecule has 0 aliphatic rings. The summed E-state index contributed by atoms with van der Waals surface area (Å²) in [6.07, 6.45) is 0.946. The highest BCUT2D eigenvalue weighted by molar-refractivity contribution is 7.98. The summed E-state index contributed by atoms with van der Waals surface area (Å²) >= 11 is 1.31. The van der Waals surface area contributed by atoms with E-state index in [0.717, 1.165) is 6.42 Å². The van der Waals surface area contributed by atoms with Gasteiger partial charge < -0.3 is 10.2 Å². The molecule has 2 aromatic rings. The van der Waals surface area contributed by atoms with Gasteiger partial charge in [0, 0.05) is 5.75 Å². The minimum absolute atomic E-state index is 0.226. The average Bonchev–Trinajstić information content (AvgIpc) is 2.93. The lowest BCUT2D eigenvalue weighted by Crippen LogP contribution is -2.18. The van der Waals surface area contributed by atoms with Crippen LogP contribution in [0.1, 0.15) is 37.8 Å². The molecule has 1 aromatic heterocycles. The first kappa shape index (κ1) is 15.0. The maximum atomic E-state index is 13.5. The predicted octanol–water partition coefficient (Wildman–Crippen LogP) is 3.55. The Morgan fingerprint density at radius 2 is 2.10 bits per heavy atom. The first-order valence-corrected chi connectivity index (χ1v) is 7.55. The van der Waals surface area contributed by atoms with Gasteiger partial charge in [0.2, 0.25) is 5.89 Å². The molecule has 0 aliphatic carbocycles. The molecule has 0 radical (unpaired) electrons. The number of aromatic nitrogens is 2. The lowest BCUT2D eigenvalue weighted by Gasteiger charge is -2.13. The van der Waals surface area contributed by atoms with Gasteiger partial charge >= 0.3 is 0 Å². The third kappa shape index (κ3) is 3.58. The molecule has 1 heterocycles. The molecule has 0 saturated heterocycles. The topological polar surface area (TPSA) is 64.9 Å². The van der Waals surface area contributed by atoms with Crippen molar-refractivity contribution in [2.75, 3.05) is 0 Å². The Kier molecular flexibility index (Phi) is 5.14. The van der Waals surface area contributed by atoms with E-state index in [1.807, 2.05) is 6.92 Å². The molecule has 4 nitrogen and oxygen atoms in total. The Hall–Kier alpha value is -1.40. The van der Waals surface area contributed by atoms with Crippen LogP contribution in [0.2, 0.25) is 0 Å². The smallest absolute Gasteiger partial charge is 0.276 e. The second-order valence-electron chi connectivity index (χ2n) is 4.70. The van der Waals surface area contributed by atoms with Gasteiger partial charge in [0.05, 0.1) is 6.04 Å². The summed E-state index contributed by atoms with van der Waals surface area (Å²) in [5.74, 6) is 0.943. The summed E-state index contributed by atoms with van der Waals surface area (Å²) in [4.78, 5) is 0. The number of hydrogen-bond acceptors (Lipinski definition) is 5. The van der Waals surface area contributed by atoms with E-state index in [-0.39, 0.29) is 17.8 Å². The zero-order chi connectivity index (χ0) is 14.5. The molecular formula is C14H18FN3OS. The van der Waals surface area contributed by atoms with Crippen molar-refractivity contribution >= 4 is 11.8 Å². The van der Waals surface area contributed by atoms with E-state index in [0.29, 0.717) is 22.4 Å². The van der Waals surface area contributed by atoms with Crippen LogP contribution in [-0.2, 0) is 5.75 Å². The Bertz CT molecular complexity index is 561. The summed E-state index contributed by atoms with van der Waals surface area (Å²) in [5, 5.41) is 8.32. The third-order valence-corrected chi connectivity index (χ3v) is 4.14. The number of nitrogens with zero attached hydrogens (tertiary/aromatic N) is 2. The van der Waals surface area contributed by atoms with E-state index < -0.39 is 0 Å². The van der Waals surface area contributed by atoms with Crippen LogP contribution in [0.5, 0.6) is 0 Å². The number of hydrogen-bond donors (Lipinski definition) is 1. The summed E-state index contributed by atoms with van der Waals surface area (Å²) in [5.41, 5.74) is 6.64. The monoisotopic (exact) mass is 295 g/mol. The SMILES string of the molecule is CC[C@H](C)[C@H](N)c1nnc(SCc2ccccc2F)o1. The number of thioether (sulfide) groups is 1. The molecule has 0 bridgehead atoms. The van der Waals surface area contributed by atoms with Crippen molar-refractivity contribution in [3.63, 3.8) is 0 Å². The van der Waals surface area contributed by atoms with Gasteiger partial charge in [-0.1, -0.05) is 50.2 Å². The van der Waals surface area contributed by atoms with Crippen LogP contribution in [0, 0.1) is 11.7 Å². The third-order valence-electron chi connectivity index (χ3n) is 3.27. The fourth-order valence-electron chi connectivity index (χ4n) is 1.67. The molecule has 20 heavy (non-hydrogen) atoms. The molecule has 2 atom stereocenters. The first-order chi connectivity index (χ1) is 9.61. The number of rotatable bonds is 6. The van der Waals surface area contributed by atoms with Gasteiger partial charge in [-0.3, -0.25) is 0 Å². The quantitative estimate of drug-likeness (QED) is 0.826. The standard InChI is InChI=1S/C14H18FN3OS/c1-3-9(2)12(16)13-17-18-14(19-13)20-8-10-6-4-5-7-11(10)15/h4-7,9,12H,3,8,16H2,1-2H3/t9-,12-/m0/s1. The zero-order valence-electron chi connectivity index (χ0n) is 11.5. The number of halogens is 1. The molecule has 0 saturated carbocycles. The Morgan fingerprint density at radius 1 is 1.35 bits per heavy atom. The molecule has 0 amide bonds. The highest BCUT2D eigenvalue weighted by Crippen LogP contribution is 2.26. The van der Waals surface area contributed by atoms with Crippen LogP contribution in [0.3, 0.4) is 0 Å². The normalized spacial score (nSPS) is 14.2. The first-order valence-electron chi connectivity index (χ1n) is 6.57. The van der Waals surface area contributed by atoms with Gasteiger partial charge in [-0.2, -0.15) is 0 Å². The molecule has 2 N–H and O–H groups in total. The summed E-state index contributed by atoms with van der Waals surface area (Å²) in [6.45, 7) is 4.11. The van der Waals surface area contributed by atoms with Gasteiger partial charge in [0.25, 0.3) is 5.22 Å². The van der Waals surface area contributed by atoms with Crippen molar-refractivity contribution in [1.82, 2.24) is 10.2 Å². The van der Waals surface area contributed by atoms with Crippen LogP contribution in [-0.4, -0.2) is 10.2 Å². The minimum atomic E-state index is -0.254. The predicted molar refractivity (Wildman–Crippen MR) is 76.6 cm³/mol.